The second-order valence-corrected chi connectivity index (χ2v) is 5.19. The predicted octanol–water partition coefficient (Wildman–Crippen LogP) is -1.25. The number of amides is 3. The number of nitrogens with one attached hydrogen (secondary N) is 1. The number of hydrogen-bond acceptors (Lipinski definition) is 9. The van der Waals surface area contributed by atoms with Crippen molar-refractivity contribution in [3.63, 3.8) is 0 Å². The zero-order chi connectivity index (χ0) is 16.4. The van der Waals surface area contributed by atoms with E-state index in [4.69, 9.17) is 4.84 Å². The van der Waals surface area contributed by atoms with Gasteiger partial charge in [-0.1, -0.05) is 6.42 Å². The van der Waals surface area contributed by atoms with Crippen molar-refractivity contribution >= 4 is 36.2 Å². The molecule has 0 radical (unpaired) electrons. The maximum Gasteiger partial charge on any atom is 0.333 e. The molecule has 1 fully saturated rings. The summed E-state index contributed by atoms with van der Waals surface area (Å²) in [5, 5.41) is 14.7. The van der Waals surface area contributed by atoms with E-state index in [1.165, 1.54) is 0 Å². The van der Waals surface area contributed by atoms with Crippen LogP contribution in [-0.4, -0.2) is 41.1 Å². The predicted molar refractivity (Wildman–Crippen MR) is 68.6 cm³/mol. The van der Waals surface area contributed by atoms with Gasteiger partial charge in [-0.05, 0) is 12.8 Å². The van der Waals surface area contributed by atoms with E-state index in [0.29, 0.717) is 49.3 Å². The Kier molecular flexibility index (Phi) is 8.43. The van der Waals surface area contributed by atoms with E-state index in [0.717, 1.165) is 0 Å². The molecule has 0 saturated carbocycles. The lowest BCUT2D eigenvalue weighted by atomic mass is 10.2. The molecule has 0 aromatic rings. The van der Waals surface area contributed by atoms with Crippen molar-refractivity contribution in [3.8, 4) is 0 Å². The smallest absolute Gasteiger partial charge is 0.333 e. The Morgan fingerprint density at radius 3 is 2.86 bits per heavy atom. The summed E-state index contributed by atoms with van der Waals surface area (Å²) in [4.78, 5) is 49.5. The zero-order valence-electron chi connectivity index (χ0n) is 11.5. The molecule has 0 aromatic carbocycles. The molecule has 22 heavy (non-hydrogen) atoms. The molecule has 1 saturated heterocycles. The van der Waals surface area contributed by atoms with Gasteiger partial charge in [-0.15, -0.1) is 5.06 Å². The van der Waals surface area contributed by atoms with E-state index in [2.05, 4.69) is 14.7 Å². The van der Waals surface area contributed by atoms with Crippen LogP contribution in [0.25, 0.3) is 0 Å². The third kappa shape index (κ3) is 5.97. The Morgan fingerprint density at radius 2 is 2.18 bits per heavy atom. The minimum Gasteiger partial charge on any atom is -0.691 e. The lowest BCUT2D eigenvalue weighted by molar-refractivity contribution is -0.777. The van der Waals surface area contributed by atoms with Crippen LogP contribution in [0.1, 0.15) is 32.1 Å². The molecule has 1 aliphatic heterocycles. The van der Waals surface area contributed by atoms with Crippen LogP contribution >= 0.6 is 12.0 Å². The molecule has 0 aliphatic carbocycles. The van der Waals surface area contributed by atoms with Gasteiger partial charge >= 0.3 is 5.97 Å². The summed E-state index contributed by atoms with van der Waals surface area (Å²) in [5.41, 5.74) is 0. The average molecular weight is 335 g/mol. The van der Waals surface area contributed by atoms with Crippen LogP contribution in [0.2, 0.25) is 0 Å². The quantitative estimate of drug-likeness (QED) is 0.123. The number of hydroxylamine groups is 2. The van der Waals surface area contributed by atoms with Gasteiger partial charge in [0.15, 0.2) is 0 Å². The third-order valence-corrected chi connectivity index (χ3v) is 3.46. The summed E-state index contributed by atoms with van der Waals surface area (Å²) >= 11 is 0.382. The monoisotopic (exact) mass is 335 g/mol. The van der Waals surface area contributed by atoms with E-state index in [1.54, 1.807) is 0 Å². The van der Waals surface area contributed by atoms with Gasteiger partial charge in [-0.25, -0.2) is 4.79 Å². The Balaban J connectivity index is 2.27. The molecule has 1 rings (SSSR count). The van der Waals surface area contributed by atoms with Crippen molar-refractivity contribution in [1.29, 1.82) is 0 Å². The summed E-state index contributed by atoms with van der Waals surface area (Å²) in [5.74, 6) is -2.19. The number of rotatable bonds is 11. The number of carbonyl (C=O) groups excluding carboxylic acids is 4. The van der Waals surface area contributed by atoms with Crippen LogP contribution in [0.3, 0.4) is 0 Å². The van der Waals surface area contributed by atoms with Gasteiger partial charge in [-0.3, -0.25) is 19.4 Å². The summed E-state index contributed by atoms with van der Waals surface area (Å²) < 4.78 is 3.99. The van der Waals surface area contributed by atoms with Gasteiger partial charge in [0, 0.05) is 25.0 Å². The second-order valence-electron chi connectivity index (χ2n) is 4.30. The Labute approximate surface area is 130 Å². The van der Waals surface area contributed by atoms with Crippen molar-refractivity contribution in [3.05, 3.63) is 0 Å². The number of unbranched alkanes of at least 4 members (excludes halogenated alkanes) is 2. The summed E-state index contributed by atoms with van der Waals surface area (Å²) in [6.45, 7) is 0.516. The van der Waals surface area contributed by atoms with Crippen LogP contribution < -0.4 is 10.6 Å². The van der Waals surface area contributed by atoms with Crippen LogP contribution in [0.4, 0.5) is 0 Å². The van der Waals surface area contributed by atoms with Crippen LogP contribution in [0.15, 0.2) is 0 Å². The zero-order valence-corrected chi connectivity index (χ0v) is 12.3. The van der Waals surface area contributed by atoms with Gasteiger partial charge < -0.3 is 15.4 Å². The fourth-order valence-corrected chi connectivity index (χ4v) is 2.21. The fraction of sp³-hybridized carbons (Fsp3) is 0.636. The van der Waals surface area contributed by atoms with Crippen LogP contribution in [0, 0.1) is 0 Å². The van der Waals surface area contributed by atoms with Gasteiger partial charge in [0.1, 0.15) is 5.25 Å². The molecule has 11 heteroatoms. The molecule has 124 valence electrons. The van der Waals surface area contributed by atoms with Gasteiger partial charge in [0.05, 0.1) is 6.42 Å². The van der Waals surface area contributed by atoms with E-state index < -0.39 is 23.0 Å². The van der Waals surface area contributed by atoms with Crippen molar-refractivity contribution in [2.45, 2.75) is 37.4 Å². The fourth-order valence-electron chi connectivity index (χ4n) is 1.70. The first-order valence-electron chi connectivity index (χ1n) is 6.46. The van der Waals surface area contributed by atoms with E-state index in [1.807, 2.05) is 0 Å². The molecule has 0 spiro atoms. The lowest BCUT2D eigenvalue weighted by Gasteiger charge is -2.13. The highest BCUT2D eigenvalue weighted by Gasteiger charge is 2.42. The lowest BCUT2D eigenvalue weighted by Crippen LogP contribution is -2.34. The number of hydrogen-bond donors (Lipinski definition) is 1. The van der Waals surface area contributed by atoms with E-state index in [-0.39, 0.29) is 12.8 Å². The van der Waals surface area contributed by atoms with Crippen molar-refractivity contribution < 1.29 is 38.6 Å². The van der Waals surface area contributed by atoms with Crippen molar-refractivity contribution in [1.82, 2.24) is 10.4 Å². The molecule has 1 atom stereocenters. The topological polar surface area (TPSA) is 134 Å². The summed E-state index contributed by atoms with van der Waals surface area (Å²) in [7, 11) is 0. The summed E-state index contributed by atoms with van der Waals surface area (Å²) in [6.07, 6.45) is 2.27. The van der Waals surface area contributed by atoms with Gasteiger partial charge in [0.2, 0.25) is 6.41 Å². The number of carbonyl (C=O) groups is 4. The minimum absolute atomic E-state index is 0.0378. The average Bonchev–Trinajstić information content (AvgIpc) is 2.76. The first-order valence-corrected chi connectivity index (χ1v) is 7.27. The third-order valence-electron chi connectivity index (χ3n) is 2.72. The largest absolute Gasteiger partial charge is 0.691 e. The minimum atomic E-state index is -0.983. The Bertz CT molecular complexity index is 419. The van der Waals surface area contributed by atoms with Crippen molar-refractivity contribution in [2.75, 3.05) is 6.54 Å². The van der Waals surface area contributed by atoms with Gasteiger partial charge in [-0.2, -0.15) is 4.33 Å². The van der Waals surface area contributed by atoms with Gasteiger partial charge in [0.25, 0.3) is 11.8 Å². The Morgan fingerprint density at radius 1 is 1.41 bits per heavy atom. The SMILES string of the molecule is O=CNCCCCCC(=O)ON1C(=O)CC(SOO[O-])C1=O. The normalized spacial score (nSPS) is 17.7. The maximum absolute atomic E-state index is 11.7. The first kappa shape index (κ1) is 18.4. The molecule has 1 unspecified atom stereocenters. The molecule has 3 amide bonds. The highest BCUT2D eigenvalue weighted by molar-refractivity contribution is 7.96. The number of imide groups is 1. The molecular formula is C11H15N2O8S-. The highest BCUT2D eigenvalue weighted by atomic mass is 32.2. The van der Waals surface area contributed by atoms with Crippen molar-refractivity contribution in [2.24, 2.45) is 0 Å². The Hall–Kier alpha value is -1.69. The van der Waals surface area contributed by atoms with Crippen LogP contribution in [0.5, 0.6) is 0 Å². The molecule has 10 nitrogen and oxygen atoms in total. The second kappa shape index (κ2) is 10.1. The summed E-state index contributed by atoms with van der Waals surface area (Å²) in [6, 6.07) is 0. The molecule has 1 heterocycles. The van der Waals surface area contributed by atoms with E-state index in [9.17, 15) is 24.4 Å². The molecule has 1 N–H and O–H groups in total. The highest BCUT2D eigenvalue weighted by Crippen LogP contribution is 2.26. The first-order chi connectivity index (χ1) is 10.6. The standard InChI is InChI=1S/C11H16N2O8S/c14-7-12-5-3-1-2-4-10(16)19-13-9(15)6-8(11(13)17)22-21-20-18/h7-8,18H,1-6H2,(H,12,14)/p-1. The molecular weight excluding hydrogens is 320 g/mol. The number of nitrogens with zero attached hydrogens (tertiary/aromatic N) is 1. The molecule has 1 aliphatic rings. The van der Waals surface area contributed by atoms with E-state index >= 15 is 0 Å². The molecule has 0 bridgehead atoms. The maximum atomic E-state index is 11.7. The molecule has 0 aromatic heterocycles. The van der Waals surface area contributed by atoms with Crippen LogP contribution in [-0.2, 0) is 33.4 Å².